The van der Waals surface area contributed by atoms with Crippen molar-refractivity contribution in [3.8, 4) is 0 Å². The van der Waals surface area contributed by atoms with Gasteiger partial charge in [0.2, 0.25) is 0 Å². The first-order chi connectivity index (χ1) is 9.20. The Bertz CT molecular complexity index is 584. The van der Waals surface area contributed by atoms with Gasteiger partial charge in [0.05, 0.1) is 0 Å². The van der Waals surface area contributed by atoms with Gasteiger partial charge >= 0.3 is 0 Å². The fourth-order valence-corrected chi connectivity index (χ4v) is 2.28. The van der Waals surface area contributed by atoms with E-state index in [0.717, 1.165) is 16.9 Å². The summed E-state index contributed by atoms with van der Waals surface area (Å²) >= 11 is 1.74. The van der Waals surface area contributed by atoms with Crippen molar-refractivity contribution >= 4 is 23.5 Å². The van der Waals surface area contributed by atoms with E-state index in [0.29, 0.717) is 11.4 Å². The van der Waals surface area contributed by atoms with Crippen molar-refractivity contribution in [1.29, 1.82) is 0 Å². The van der Waals surface area contributed by atoms with Gasteiger partial charge in [-0.05, 0) is 42.5 Å². The first-order valence-corrected chi connectivity index (χ1v) is 7.41. The van der Waals surface area contributed by atoms with Crippen LogP contribution in [0.2, 0.25) is 0 Å². The van der Waals surface area contributed by atoms with Crippen molar-refractivity contribution in [3.05, 3.63) is 59.3 Å². The molecule has 98 valence electrons. The van der Waals surface area contributed by atoms with Crippen molar-refractivity contribution in [2.24, 2.45) is 0 Å². The van der Waals surface area contributed by atoms with E-state index in [2.05, 4.69) is 10.3 Å². The highest BCUT2D eigenvalue weighted by Gasteiger charge is 2.08. The number of nitrogens with one attached hydrogen (secondary N) is 1. The predicted octanol–water partition coefficient (Wildman–Crippen LogP) is 3.51. The van der Waals surface area contributed by atoms with E-state index >= 15 is 0 Å². The summed E-state index contributed by atoms with van der Waals surface area (Å²) in [5.41, 5.74) is 2.77. The zero-order valence-electron chi connectivity index (χ0n) is 11.0. The van der Waals surface area contributed by atoms with Gasteiger partial charge in [0, 0.05) is 17.5 Å². The van der Waals surface area contributed by atoms with Gasteiger partial charge in [-0.2, -0.15) is 11.8 Å². The summed E-state index contributed by atoms with van der Waals surface area (Å²) in [6.07, 6.45) is 3.72. The Morgan fingerprint density at radius 3 is 2.89 bits per heavy atom. The molecule has 0 spiro atoms. The number of pyridine rings is 1. The highest BCUT2D eigenvalue weighted by molar-refractivity contribution is 7.97. The van der Waals surface area contributed by atoms with Gasteiger partial charge in [-0.15, -0.1) is 0 Å². The van der Waals surface area contributed by atoms with Crippen LogP contribution in [0.25, 0.3) is 0 Å². The molecule has 3 nitrogen and oxygen atoms in total. The molecule has 4 heteroatoms. The van der Waals surface area contributed by atoms with Crippen LogP contribution in [0.1, 0.15) is 21.5 Å². The Morgan fingerprint density at radius 1 is 1.32 bits per heavy atom. The third kappa shape index (κ3) is 3.58. The lowest BCUT2D eigenvalue weighted by Gasteiger charge is -2.08. The van der Waals surface area contributed by atoms with E-state index in [9.17, 15) is 4.79 Å². The monoisotopic (exact) mass is 272 g/mol. The minimum Gasteiger partial charge on any atom is -0.306 e. The summed E-state index contributed by atoms with van der Waals surface area (Å²) in [5.74, 6) is 1.40. The Labute approximate surface area is 117 Å². The number of thioether (sulfide) groups is 1. The molecular weight excluding hydrogens is 256 g/mol. The molecule has 2 aromatic rings. The number of amides is 1. The Balaban J connectivity index is 2.16. The molecule has 1 aromatic carbocycles. The number of hydrogen-bond acceptors (Lipinski definition) is 3. The van der Waals surface area contributed by atoms with Crippen LogP contribution in [0.15, 0.2) is 42.6 Å². The quantitative estimate of drug-likeness (QED) is 0.926. The largest absolute Gasteiger partial charge is 0.306 e. The molecule has 0 unspecified atom stereocenters. The van der Waals surface area contributed by atoms with Crippen LogP contribution in [-0.2, 0) is 5.75 Å². The first kappa shape index (κ1) is 13.6. The van der Waals surface area contributed by atoms with Crippen molar-refractivity contribution < 1.29 is 4.79 Å². The standard InChI is InChI=1S/C15H16N2OS/c1-11-5-4-8-16-14(11)17-15(18)13-7-3-6-12(9-13)10-19-2/h3-9H,10H2,1-2H3,(H,16,17,18). The van der Waals surface area contributed by atoms with Gasteiger partial charge in [-0.1, -0.05) is 18.2 Å². The second-order valence-electron chi connectivity index (χ2n) is 4.26. The molecule has 0 saturated carbocycles. The van der Waals surface area contributed by atoms with Crippen LogP contribution < -0.4 is 5.32 Å². The molecule has 0 fully saturated rings. The van der Waals surface area contributed by atoms with Gasteiger partial charge in [-0.25, -0.2) is 4.98 Å². The molecule has 0 aliphatic heterocycles. The number of anilines is 1. The van der Waals surface area contributed by atoms with E-state index in [1.54, 1.807) is 18.0 Å². The second-order valence-corrected chi connectivity index (χ2v) is 5.12. The molecule has 0 aliphatic carbocycles. The second kappa shape index (κ2) is 6.38. The maximum absolute atomic E-state index is 12.2. The number of benzene rings is 1. The lowest BCUT2D eigenvalue weighted by molar-refractivity contribution is 0.102. The number of hydrogen-bond donors (Lipinski definition) is 1. The molecule has 0 aliphatic rings. The minimum absolute atomic E-state index is 0.121. The Morgan fingerprint density at radius 2 is 2.16 bits per heavy atom. The fourth-order valence-electron chi connectivity index (χ4n) is 1.77. The Hall–Kier alpha value is -1.81. The normalized spacial score (nSPS) is 10.2. The van der Waals surface area contributed by atoms with Crippen LogP contribution in [0.4, 0.5) is 5.82 Å². The third-order valence-corrected chi connectivity index (χ3v) is 3.36. The highest BCUT2D eigenvalue weighted by atomic mass is 32.2. The molecule has 1 heterocycles. The van der Waals surface area contributed by atoms with E-state index in [-0.39, 0.29) is 5.91 Å². The van der Waals surface area contributed by atoms with Gasteiger partial charge in [0.15, 0.2) is 0 Å². The fraction of sp³-hybridized carbons (Fsp3) is 0.200. The van der Waals surface area contributed by atoms with Crippen LogP contribution in [0.5, 0.6) is 0 Å². The molecule has 1 N–H and O–H groups in total. The molecule has 1 amide bonds. The van der Waals surface area contributed by atoms with Crippen LogP contribution in [-0.4, -0.2) is 17.1 Å². The average molecular weight is 272 g/mol. The molecular formula is C15H16N2OS. The maximum atomic E-state index is 12.2. The van der Waals surface area contributed by atoms with Gasteiger partial charge < -0.3 is 5.32 Å². The summed E-state index contributed by atoms with van der Waals surface area (Å²) < 4.78 is 0. The van der Waals surface area contributed by atoms with Gasteiger partial charge in [-0.3, -0.25) is 4.79 Å². The maximum Gasteiger partial charge on any atom is 0.256 e. The van der Waals surface area contributed by atoms with Crippen molar-refractivity contribution in [2.45, 2.75) is 12.7 Å². The molecule has 0 radical (unpaired) electrons. The summed E-state index contributed by atoms with van der Waals surface area (Å²) in [6.45, 7) is 1.92. The van der Waals surface area contributed by atoms with E-state index in [4.69, 9.17) is 0 Å². The van der Waals surface area contributed by atoms with E-state index in [1.807, 2.05) is 49.6 Å². The van der Waals surface area contributed by atoms with E-state index in [1.165, 1.54) is 0 Å². The van der Waals surface area contributed by atoms with Crippen LogP contribution in [0.3, 0.4) is 0 Å². The van der Waals surface area contributed by atoms with Gasteiger partial charge in [0.25, 0.3) is 5.91 Å². The Kier molecular flexibility index (Phi) is 4.58. The average Bonchev–Trinajstić information content (AvgIpc) is 2.42. The van der Waals surface area contributed by atoms with Crippen LogP contribution in [0, 0.1) is 6.92 Å². The van der Waals surface area contributed by atoms with Crippen molar-refractivity contribution in [3.63, 3.8) is 0 Å². The number of rotatable bonds is 4. The zero-order chi connectivity index (χ0) is 13.7. The highest BCUT2D eigenvalue weighted by Crippen LogP contribution is 2.14. The summed E-state index contributed by atoms with van der Waals surface area (Å²) in [6, 6.07) is 11.4. The lowest BCUT2D eigenvalue weighted by atomic mass is 10.1. The number of aryl methyl sites for hydroxylation is 1. The molecule has 2 rings (SSSR count). The minimum atomic E-state index is -0.121. The topological polar surface area (TPSA) is 42.0 Å². The van der Waals surface area contributed by atoms with Gasteiger partial charge in [0.1, 0.15) is 5.82 Å². The zero-order valence-corrected chi connectivity index (χ0v) is 11.8. The SMILES string of the molecule is CSCc1cccc(C(=O)Nc2ncccc2C)c1. The predicted molar refractivity (Wildman–Crippen MR) is 80.6 cm³/mol. The smallest absolute Gasteiger partial charge is 0.256 e. The summed E-state index contributed by atoms with van der Waals surface area (Å²) in [4.78, 5) is 16.3. The third-order valence-electron chi connectivity index (χ3n) is 2.74. The molecule has 19 heavy (non-hydrogen) atoms. The molecule has 0 atom stereocenters. The molecule has 0 bridgehead atoms. The number of aromatic nitrogens is 1. The van der Waals surface area contributed by atoms with Crippen LogP contribution >= 0.6 is 11.8 Å². The number of carbonyl (C=O) groups excluding carboxylic acids is 1. The summed E-state index contributed by atoms with van der Waals surface area (Å²) in [7, 11) is 0. The van der Waals surface area contributed by atoms with E-state index < -0.39 is 0 Å². The first-order valence-electron chi connectivity index (χ1n) is 6.01. The van der Waals surface area contributed by atoms with Crippen molar-refractivity contribution in [1.82, 2.24) is 4.98 Å². The molecule has 1 aromatic heterocycles. The number of nitrogens with zero attached hydrogens (tertiary/aromatic N) is 1. The molecule has 0 saturated heterocycles. The number of carbonyl (C=O) groups is 1. The summed E-state index contributed by atoms with van der Waals surface area (Å²) in [5, 5.41) is 2.84. The van der Waals surface area contributed by atoms with Crippen molar-refractivity contribution in [2.75, 3.05) is 11.6 Å². The lowest BCUT2D eigenvalue weighted by Crippen LogP contribution is -2.14.